The van der Waals surface area contributed by atoms with Crippen LogP contribution in [-0.4, -0.2) is 37.4 Å². The van der Waals surface area contributed by atoms with Crippen LogP contribution in [0, 0.1) is 6.92 Å². The average molecular weight is 275 g/mol. The van der Waals surface area contributed by atoms with E-state index in [-0.39, 0.29) is 11.9 Å². The third-order valence-electron chi connectivity index (χ3n) is 3.47. The zero-order valence-electron chi connectivity index (χ0n) is 12.4. The van der Waals surface area contributed by atoms with E-state index >= 15 is 0 Å². The molecule has 0 spiro atoms. The molecule has 0 saturated carbocycles. The lowest BCUT2D eigenvalue weighted by Gasteiger charge is -2.22. The number of aromatic nitrogens is 4. The molecule has 6 heteroatoms. The molecule has 1 atom stereocenters. The van der Waals surface area contributed by atoms with Gasteiger partial charge in [0, 0.05) is 31.7 Å². The van der Waals surface area contributed by atoms with Crippen molar-refractivity contribution in [3.63, 3.8) is 0 Å². The molecule has 20 heavy (non-hydrogen) atoms. The predicted molar refractivity (Wildman–Crippen MR) is 76.1 cm³/mol. The van der Waals surface area contributed by atoms with Gasteiger partial charge in [0.2, 0.25) is 5.91 Å². The standard InChI is InChI=1S/C14H21N5O/c1-5-18-13(7-9-15-18)10-17(4)14(20)12(3)19-11(2)6-8-16-19/h6-9,12H,5,10H2,1-4H3. The van der Waals surface area contributed by atoms with Gasteiger partial charge in [-0.05, 0) is 32.9 Å². The van der Waals surface area contributed by atoms with Crippen molar-refractivity contribution in [1.29, 1.82) is 0 Å². The van der Waals surface area contributed by atoms with E-state index in [0.29, 0.717) is 6.54 Å². The Morgan fingerprint density at radius 1 is 1.35 bits per heavy atom. The Kier molecular flexibility index (Phi) is 4.22. The Hall–Kier alpha value is -2.11. The smallest absolute Gasteiger partial charge is 0.247 e. The highest BCUT2D eigenvalue weighted by molar-refractivity contribution is 5.79. The van der Waals surface area contributed by atoms with Crippen LogP contribution in [0.4, 0.5) is 0 Å². The minimum absolute atomic E-state index is 0.0423. The minimum Gasteiger partial charge on any atom is -0.338 e. The van der Waals surface area contributed by atoms with E-state index in [0.717, 1.165) is 17.9 Å². The second-order valence-electron chi connectivity index (χ2n) is 4.93. The van der Waals surface area contributed by atoms with Gasteiger partial charge < -0.3 is 4.90 Å². The van der Waals surface area contributed by atoms with Crippen LogP contribution in [0.3, 0.4) is 0 Å². The molecule has 0 saturated heterocycles. The van der Waals surface area contributed by atoms with Crippen molar-refractivity contribution in [2.45, 2.75) is 39.9 Å². The number of carbonyl (C=O) groups excluding carboxylic acids is 1. The lowest BCUT2D eigenvalue weighted by atomic mass is 10.2. The Balaban J connectivity index is 2.07. The summed E-state index contributed by atoms with van der Waals surface area (Å²) in [7, 11) is 1.81. The number of aryl methyl sites for hydroxylation is 2. The first-order valence-corrected chi connectivity index (χ1v) is 6.80. The number of rotatable bonds is 5. The van der Waals surface area contributed by atoms with Gasteiger partial charge in [0.25, 0.3) is 0 Å². The molecule has 0 aliphatic carbocycles. The summed E-state index contributed by atoms with van der Waals surface area (Å²) in [6, 6.07) is 3.54. The summed E-state index contributed by atoms with van der Waals surface area (Å²) in [4.78, 5) is 14.2. The minimum atomic E-state index is -0.298. The van der Waals surface area contributed by atoms with Crippen molar-refractivity contribution in [2.24, 2.45) is 0 Å². The number of likely N-dealkylation sites (N-methyl/N-ethyl adjacent to an activating group) is 1. The van der Waals surface area contributed by atoms with Crippen molar-refractivity contribution >= 4 is 5.91 Å². The molecule has 108 valence electrons. The predicted octanol–water partition coefficient (Wildman–Crippen LogP) is 1.63. The van der Waals surface area contributed by atoms with E-state index in [9.17, 15) is 4.79 Å². The van der Waals surface area contributed by atoms with Gasteiger partial charge in [0.05, 0.1) is 12.2 Å². The largest absolute Gasteiger partial charge is 0.338 e. The molecular weight excluding hydrogens is 254 g/mol. The molecule has 0 aromatic carbocycles. The first-order valence-electron chi connectivity index (χ1n) is 6.80. The van der Waals surface area contributed by atoms with Crippen LogP contribution in [-0.2, 0) is 17.9 Å². The average Bonchev–Trinajstić information content (AvgIpc) is 3.05. The fourth-order valence-electron chi connectivity index (χ4n) is 2.31. The first kappa shape index (κ1) is 14.3. The molecule has 6 nitrogen and oxygen atoms in total. The molecule has 0 fully saturated rings. The van der Waals surface area contributed by atoms with Crippen LogP contribution < -0.4 is 0 Å². The zero-order chi connectivity index (χ0) is 14.7. The Bertz CT molecular complexity index is 586. The van der Waals surface area contributed by atoms with Gasteiger partial charge in [0.1, 0.15) is 6.04 Å². The van der Waals surface area contributed by atoms with E-state index in [1.54, 1.807) is 22.0 Å². The summed E-state index contributed by atoms with van der Waals surface area (Å²) >= 11 is 0. The van der Waals surface area contributed by atoms with Gasteiger partial charge in [-0.25, -0.2) is 0 Å². The van der Waals surface area contributed by atoms with Crippen LogP contribution in [0.25, 0.3) is 0 Å². The molecule has 0 N–H and O–H groups in total. The highest BCUT2D eigenvalue weighted by Gasteiger charge is 2.21. The lowest BCUT2D eigenvalue weighted by Crippen LogP contribution is -2.34. The van der Waals surface area contributed by atoms with Gasteiger partial charge in [-0.1, -0.05) is 0 Å². The fourth-order valence-corrected chi connectivity index (χ4v) is 2.31. The topological polar surface area (TPSA) is 56.0 Å². The third-order valence-corrected chi connectivity index (χ3v) is 3.47. The van der Waals surface area contributed by atoms with Crippen molar-refractivity contribution in [3.05, 3.63) is 35.9 Å². The highest BCUT2D eigenvalue weighted by Crippen LogP contribution is 2.13. The van der Waals surface area contributed by atoms with Crippen molar-refractivity contribution in [3.8, 4) is 0 Å². The van der Waals surface area contributed by atoms with E-state index in [1.807, 2.05) is 44.6 Å². The summed E-state index contributed by atoms with van der Waals surface area (Å²) in [5.41, 5.74) is 2.02. The summed E-state index contributed by atoms with van der Waals surface area (Å²) < 4.78 is 3.64. The summed E-state index contributed by atoms with van der Waals surface area (Å²) in [5.74, 6) is 0.0423. The number of hydrogen-bond acceptors (Lipinski definition) is 3. The molecule has 2 rings (SSSR count). The van der Waals surface area contributed by atoms with Gasteiger partial charge >= 0.3 is 0 Å². The van der Waals surface area contributed by atoms with Gasteiger partial charge in [-0.15, -0.1) is 0 Å². The van der Waals surface area contributed by atoms with Crippen molar-refractivity contribution < 1.29 is 4.79 Å². The maximum atomic E-state index is 12.5. The molecular formula is C14H21N5O. The van der Waals surface area contributed by atoms with Crippen molar-refractivity contribution in [2.75, 3.05) is 7.05 Å². The lowest BCUT2D eigenvalue weighted by molar-refractivity contribution is -0.133. The van der Waals surface area contributed by atoms with E-state index in [4.69, 9.17) is 0 Å². The highest BCUT2D eigenvalue weighted by atomic mass is 16.2. The number of nitrogens with zero attached hydrogens (tertiary/aromatic N) is 5. The van der Waals surface area contributed by atoms with E-state index < -0.39 is 0 Å². The fraction of sp³-hybridized carbons (Fsp3) is 0.500. The normalized spacial score (nSPS) is 12.4. The Labute approximate surface area is 119 Å². The SMILES string of the molecule is CCn1nccc1CN(C)C(=O)C(C)n1nccc1C. The molecule has 0 aliphatic heterocycles. The summed E-state index contributed by atoms with van der Waals surface area (Å²) in [6.45, 7) is 7.21. The molecule has 1 amide bonds. The number of amides is 1. The third kappa shape index (κ3) is 2.74. The quantitative estimate of drug-likeness (QED) is 0.833. The number of hydrogen-bond donors (Lipinski definition) is 0. The monoisotopic (exact) mass is 275 g/mol. The molecule has 2 aromatic heterocycles. The second-order valence-corrected chi connectivity index (χ2v) is 4.93. The molecule has 0 bridgehead atoms. The maximum absolute atomic E-state index is 12.5. The second kappa shape index (κ2) is 5.90. The van der Waals surface area contributed by atoms with Crippen LogP contribution in [0.1, 0.15) is 31.3 Å². The van der Waals surface area contributed by atoms with Crippen LogP contribution in [0.5, 0.6) is 0 Å². The van der Waals surface area contributed by atoms with Gasteiger partial charge in [0.15, 0.2) is 0 Å². The molecule has 0 radical (unpaired) electrons. The van der Waals surface area contributed by atoms with Crippen molar-refractivity contribution in [1.82, 2.24) is 24.5 Å². The summed E-state index contributed by atoms with van der Waals surface area (Å²) in [6.07, 6.45) is 3.48. The molecule has 1 unspecified atom stereocenters. The molecule has 2 aromatic rings. The summed E-state index contributed by atoms with van der Waals surface area (Å²) in [5, 5.41) is 8.42. The zero-order valence-corrected chi connectivity index (χ0v) is 12.4. The first-order chi connectivity index (χ1) is 9.54. The van der Waals surface area contributed by atoms with Gasteiger partial charge in [-0.2, -0.15) is 10.2 Å². The van der Waals surface area contributed by atoms with E-state index in [2.05, 4.69) is 10.2 Å². The van der Waals surface area contributed by atoms with Crippen LogP contribution >= 0.6 is 0 Å². The Morgan fingerprint density at radius 2 is 2.05 bits per heavy atom. The van der Waals surface area contributed by atoms with Crippen LogP contribution in [0.15, 0.2) is 24.5 Å². The van der Waals surface area contributed by atoms with E-state index in [1.165, 1.54) is 0 Å². The Morgan fingerprint density at radius 3 is 2.65 bits per heavy atom. The molecule has 0 aliphatic rings. The van der Waals surface area contributed by atoms with Crippen LogP contribution in [0.2, 0.25) is 0 Å². The maximum Gasteiger partial charge on any atom is 0.247 e. The number of carbonyl (C=O) groups is 1. The van der Waals surface area contributed by atoms with Gasteiger partial charge in [-0.3, -0.25) is 14.2 Å². The molecule has 2 heterocycles.